The highest BCUT2D eigenvalue weighted by Gasteiger charge is 2.40. The maximum Gasteiger partial charge on any atom is 0.317 e. The predicted molar refractivity (Wildman–Crippen MR) is 77.2 cm³/mol. The molecule has 2 amide bonds. The summed E-state index contributed by atoms with van der Waals surface area (Å²) in [6.45, 7) is 4.83. The number of nitrogens with one attached hydrogen (secondary N) is 2. The van der Waals surface area contributed by atoms with Gasteiger partial charge >= 0.3 is 12.0 Å². The van der Waals surface area contributed by atoms with E-state index < -0.39 is 11.9 Å². The number of piperidine rings is 1. The number of rotatable bonds is 5. The minimum atomic E-state index is -0.895. The van der Waals surface area contributed by atoms with E-state index in [4.69, 9.17) is 4.74 Å². The van der Waals surface area contributed by atoms with Crippen molar-refractivity contribution < 1.29 is 19.4 Å². The smallest absolute Gasteiger partial charge is 0.317 e. The molecule has 2 saturated heterocycles. The van der Waals surface area contributed by atoms with Crippen molar-refractivity contribution in [3.05, 3.63) is 0 Å². The molecular weight excluding hydrogens is 274 g/mol. The first-order valence-electron chi connectivity index (χ1n) is 7.72. The van der Waals surface area contributed by atoms with E-state index in [0.717, 1.165) is 32.4 Å². The van der Waals surface area contributed by atoms with Gasteiger partial charge in [-0.3, -0.25) is 4.79 Å². The summed E-state index contributed by atoms with van der Waals surface area (Å²) < 4.78 is 5.29. The molecule has 2 atom stereocenters. The number of amides is 2. The topological polar surface area (TPSA) is 90.9 Å². The molecule has 2 fully saturated rings. The maximum atomic E-state index is 12.5. The first-order valence-corrected chi connectivity index (χ1v) is 7.72. The van der Waals surface area contributed by atoms with Gasteiger partial charge in [-0.2, -0.15) is 0 Å². The molecule has 0 radical (unpaired) electrons. The van der Waals surface area contributed by atoms with Crippen molar-refractivity contribution in [2.75, 3.05) is 32.8 Å². The standard InChI is InChI=1S/C14H25N3O4/c1-2-7-17(12-9-21-8-11(12)13(18)19)14(20)16-10-3-5-15-6-4-10/h10-12,15H,2-9H2,1H3,(H,16,20)(H,18,19). The summed E-state index contributed by atoms with van der Waals surface area (Å²) in [6.07, 6.45) is 2.62. The quantitative estimate of drug-likeness (QED) is 0.677. The van der Waals surface area contributed by atoms with Gasteiger partial charge in [-0.25, -0.2) is 4.79 Å². The van der Waals surface area contributed by atoms with Crippen molar-refractivity contribution in [2.45, 2.75) is 38.3 Å². The third-order valence-corrected chi connectivity index (χ3v) is 4.16. The molecule has 2 aliphatic rings. The maximum absolute atomic E-state index is 12.5. The van der Waals surface area contributed by atoms with Gasteiger partial charge < -0.3 is 25.4 Å². The molecule has 21 heavy (non-hydrogen) atoms. The van der Waals surface area contributed by atoms with E-state index in [9.17, 15) is 14.7 Å². The van der Waals surface area contributed by atoms with Crippen molar-refractivity contribution in [3.63, 3.8) is 0 Å². The molecule has 0 aromatic rings. The summed E-state index contributed by atoms with van der Waals surface area (Å²) in [7, 11) is 0. The Labute approximate surface area is 125 Å². The number of ether oxygens (including phenoxy) is 1. The molecule has 3 N–H and O–H groups in total. The zero-order valence-corrected chi connectivity index (χ0v) is 12.5. The third-order valence-electron chi connectivity index (χ3n) is 4.16. The van der Waals surface area contributed by atoms with E-state index in [1.165, 1.54) is 0 Å². The zero-order chi connectivity index (χ0) is 15.2. The molecule has 7 nitrogen and oxygen atoms in total. The number of hydrogen-bond donors (Lipinski definition) is 3. The Morgan fingerprint density at radius 3 is 2.67 bits per heavy atom. The summed E-state index contributed by atoms with van der Waals surface area (Å²) in [5.41, 5.74) is 0. The largest absolute Gasteiger partial charge is 0.481 e. The highest BCUT2D eigenvalue weighted by Crippen LogP contribution is 2.21. The Morgan fingerprint density at radius 1 is 1.33 bits per heavy atom. The highest BCUT2D eigenvalue weighted by atomic mass is 16.5. The van der Waals surface area contributed by atoms with E-state index >= 15 is 0 Å². The van der Waals surface area contributed by atoms with Gasteiger partial charge in [0.05, 0.1) is 19.3 Å². The monoisotopic (exact) mass is 299 g/mol. The summed E-state index contributed by atoms with van der Waals surface area (Å²) in [5.74, 6) is -1.52. The molecule has 2 rings (SSSR count). The summed E-state index contributed by atoms with van der Waals surface area (Å²) >= 11 is 0. The number of hydrogen-bond acceptors (Lipinski definition) is 4. The van der Waals surface area contributed by atoms with Crippen LogP contribution in [0.25, 0.3) is 0 Å². The van der Waals surface area contributed by atoms with Crippen molar-refractivity contribution in [1.29, 1.82) is 0 Å². The molecule has 2 unspecified atom stereocenters. The fraction of sp³-hybridized carbons (Fsp3) is 0.857. The predicted octanol–water partition coefficient (Wildman–Crippen LogP) is 0.260. The molecule has 0 aromatic carbocycles. The van der Waals surface area contributed by atoms with Crippen LogP contribution in [0.4, 0.5) is 4.79 Å². The molecule has 2 heterocycles. The van der Waals surface area contributed by atoms with E-state index in [2.05, 4.69) is 10.6 Å². The number of urea groups is 1. The lowest BCUT2D eigenvalue weighted by atomic mass is 10.0. The zero-order valence-electron chi connectivity index (χ0n) is 12.5. The Bertz CT molecular complexity index is 371. The molecule has 120 valence electrons. The van der Waals surface area contributed by atoms with Gasteiger partial charge in [0.15, 0.2) is 0 Å². The number of aliphatic carboxylic acids is 1. The molecule has 0 saturated carbocycles. The number of carbonyl (C=O) groups is 2. The number of carbonyl (C=O) groups excluding carboxylic acids is 1. The van der Waals surface area contributed by atoms with Crippen LogP contribution in [0.3, 0.4) is 0 Å². The van der Waals surface area contributed by atoms with Crippen LogP contribution < -0.4 is 10.6 Å². The van der Waals surface area contributed by atoms with Gasteiger partial charge in [0, 0.05) is 12.6 Å². The van der Waals surface area contributed by atoms with Crippen LogP contribution in [-0.4, -0.2) is 66.9 Å². The Hall–Kier alpha value is -1.34. The second-order valence-corrected chi connectivity index (χ2v) is 5.72. The molecular formula is C14H25N3O4. The van der Waals surface area contributed by atoms with Gasteiger partial charge in [0.2, 0.25) is 0 Å². The van der Waals surface area contributed by atoms with Crippen LogP contribution in [-0.2, 0) is 9.53 Å². The second-order valence-electron chi connectivity index (χ2n) is 5.72. The summed E-state index contributed by atoms with van der Waals surface area (Å²) in [5, 5.41) is 15.6. The highest BCUT2D eigenvalue weighted by molar-refractivity contribution is 5.77. The fourth-order valence-corrected chi connectivity index (χ4v) is 2.97. The van der Waals surface area contributed by atoms with Gasteiger partial charge in [0.25, 0.3) is 0 Å². The Balaban J connectivity index is 1.99. The minimum absolute atomic E-state index is 0.162. The molecule has 0 aromatic heterocycles. The van der Waals surface area contributed by atoms with Gasteiger partial charge in [-0.1, -0.05) is 6.92 Å². The van der Waals surface area contributed by atoms with E-state index in [0.29, 0.717) is 13.2 Å². The molecule has 0 spiro atoms. The van der Waals surface area contributed by atoms with Crippen LogP contribution in [0, 0.1) is 5.92 Å². The number of nitrogens with zero attached hydrogens (tertiary/aromatic N) is 1. The fourth-order valence-electron chi connectivity index (χ4n) is 2.97. The van der Waals surface area contributed by atoms with Crippen LogP contribution in [0.2, 0.25) is 0 Å². The summed E-state index contributed by atoms with van der Waals surface area (Å²) in [6, 6.07) is -0.363. The Kier molecular flexibility index (Phi) is 5.81. The normalized spacial score (nSPS) is 26.5. The van der Waals surface area contributed by atoms with E-state index in [1.807, 2.05) is 6.92 Å². The van der Waals surface area contributed by atoms with Crippen molar-refractivity contribution in [1.82, 2.24) is 15.5 Å². The van der Waals surface area contributed by atoms with Gasteiger partial charge in [-0.15, -0.1) is 0 Å². The molecule has 2 aliphatic heterocycles. The first-order chi connectivity index (χ1) is 10.1. The lowest BCUT2D eigenvalue weighted by Crippen LogP contribution is -2.54. The van der Waals surface area contributed by atoms with Crippen LogP contribution in [0.1, 0.15) is 26.2 Å². The van der Waals surface area contributed by atoms with Gasteiger partial charge in [0.1, 0.15) is 5.92 Å². The van der Waals surface area contributed by atoms with E-state index in [1.54, 1.807) is 4.90 Å². The molecule has 7 heteroatoms. The molecule has 0 bridgehead atoms. The third kappa shape index (κ3) is 4.07. The van der Waals surface area contributed by atoms with E-state index in [-0.39, 0.29) is 24.7 Å². The van der Waals surface area contributed by atoms with Crippen LogP contribution in [0.15, 0.2) is 0 Å². The van der Waals surface area contributed by atoms with Crippen LogP contribution >= 0.6 is 0 Å². The van der Waals surface area contributed by atoms with Crippen LogP contribution in [0.5, 0.6) is 0 Å². The number of carboxylic acids is 1. The lowest BCUT2D eigenvalue weighted by Gasteiger charge is -2.33. The van der Waals surface area contributed by atoms with Crippen molar-refractivity contribution >= 4 is 12.0 Å². The van der Waals surface area contributed by atoms with Gasteiger partial charge in [-0.05, 0) is 32.4 Å². The van der Waals surface area contributed by atoms with Crippen molar-refractivity contribution in [3.8, 4) is 0 Å². The number of carboxylic acid groups (broad SMARTS) is 1. The lowest BCUT2D eigenvalue weighted by molar-refractivity contribution is -0.142. The Morgan fingerprint density at radius 2 is 2.05 bits per heavy atom. The average Bonchev–Trinajstić information content (AvgIpc) is 2.95. The first kappa shape index (κ1) is 16.0. The SMILES string of the molecule is CCCN(C(=O)NC1CCNCC1)C1COCC1C(=O)O. The second kappa shape index (κ2) is 7.61. The minimum Gasteiger partial charge on any atom is -0.481 e. The average molecular weight is 299 g/mol. The molecule has 0 aliphatic carbocycles. The van der Waals surface area contributed by atoms with Crippen molar-refractivity contribution in [2.24, 2.45) is 5.92 Å². The summed E-state index contributed by atoms with van der Waals surface area (Å²) in [4.78, 5) is 25.4.